The van der Waals surface area contributed by atoms with Crippen molar-refractivity contribution in [3.05, 3.63) is 53.9 Å². The molecule has 3 aromatic heterocycles. The Hall–Kier alpha value is -3.29. The summed E-state index contributed by atoms with van der Waals surface area (Å²) in [5.41, 5.74) is 3.51. The summed E-state index contributed by atoms with van der Waals surface area (Å²) in [7, 11) is 3.81. The lowest BCUT2D eigenvalue weighted by Crippen LogP contribution is -2.31. The molecule has 1 saturated heterocycles. The maximum atomic E-state index is 13.3. The summed E-state index contributed by atoms with van der Waals surface area (Å²) in [5.74, 6) is 0.942. The number of aromatic nitrogens is 4. The van der Waals surface area contributed by atoms with Gasteiger partial charge in [0.25, 0.3) is 5.91 Å². The van der Waals surface area contributed by atoms with Gasteiger partial charge in [-0.3, -0.25) is 9.78 Å². The first-order valence-corrected chi connectivity index (χ1v) is 10.2. The number of carbonyl (C=O) groups excluding carboxylic acids is 1. The molecule has 0 bridgehead atoms. The maximum Gasteiger partial charge on any atom is 0.293 e. The van der Waals surface area contributed by atoms with Crippen LogP contribution < -0.4 is 4.90 Å². The Morgan fingerprint density at radius 2 is 2.03 bits per heavy atom. The van der Waals surface area contributed by atoms with E-state index in [-0.39, 0.29) is 23.6 Å². The van der Waals surface area contributed by atoms with Gasteiger partial charge in [0, 0.05) is 50.9 Å². The van der Waals surface area contributed by atoms with Crippen LogP contribution in [0.2, 0.25) is 0 Å². The Morgan fingerprint density at radius 1 is 1.27 bits per heavy atom. The fourth-order valence-electron chi connectivity index (χ4n) is 3.71. The third-order valence-electron chi connectivity index (χ3n) is 5.36. The van der Waals surface area contributed by atoms with E-state index < -0.39 is 0 Å². The highest BCUT2D eigenvalue weighted by molar-refractivity contribution is 5.92. The topological polar surface area (TPSA) is 88.3 Å². The molecule has 1 atom stereocenters. The molecular formula is C22H26N6O2. The minimum atomic E-state index is -0.157. The number of carbonyl (C=O) groups is 1. The van der Waals surface area contributed by atoms with Gasteiger partial charge in [-0.1, -0.05) is 19.0 Å². The minimum absolute atomic E-state index is 0.150. The zero-order chi connectivity index (χ0) is 21.3. The Kier molecular flexibility index (Phi) is 5.48. The summed E-state index contributed by atoms with van der Waals surface area (Å²) in [6.45, 7) is 4.70. The van der Waals surface area contributed by atoms with Crippen LogP contribution in [0.4, 0.5) is 5.95 Å². The van der Waals surface area contributed by atoms with E-state index in [4.69, 9.17) is 9.51 Å². The third kappa shape index (κ3) is 3.77. The molecule has 1 amide bonds. The van der Waals surface area contributed by atoms with Crippen LogP contribution in [-0.4, -0.2) is 51.6 Å². The van der Waals surface area contributed by atoms with E-state index in [0.29, 0.717) is 12.5 Å². The summed E-state index contributed by atoms with van der Waals surface area (Å²) in [5, 5.41) is 4.05. The largest absolute Gasteiger partial charge is 0.351 e. The maximum absolute atomic E-state index is 13.3. The van der Waals surface area contributed by atoms with Crippen molar-refractivity contribution in [1.29, 1.82) is 0 Å². The van der Waals surface area contributed by atoms with Crippen LogP contribution in [0, 0.1) is 0 Å². The highest BCUT2D eigenvalue weighted by Gasteiger charge is 2.35. The Morgan fingerprint density at radius 3 is 2.70 bits per heavy atom. The number of anilines is 1. The first kappa shape index (κ1) is 20.0. The highest BCUT2D eigenvalue weighted by atomic mass is 16.5. The number of pyridine rings is 1. The van der Waals surface area contributed by atoms with Gasteiger partial charge in [0.2, 0.25) is 11.7 Å². The molecule has 1 fully saturated rings. The highest BCUT2D eigenvalue weighted by Crippen LogP contribution is 2.38. The van der Waals surface area contributed by atoms with Crippen LogP contribution in [0.15, 0.2) is 41.3 Å². The van der Waals surface area contributed by atoms with Crippen molar-refractivity contribution >= 4 is 11.9 Å². The second kappa shape index (κ2) is 8.22. The number of nitrogens with zero attached hydrogens (tertiary/aromatic N) is 6. The van der Waals surface area contributed by atoms with E-state index in [0.717, 1.165) is 35.4 Å². The fraction of sp³-hybridized carbons (Fsp3) is 0.409. The molecule has 30 heavy (non-hydrogen) atoms. The zero-order valence-electron chi connectivity index (χ0n) is 17.7. The minimum Gasteiger partial charge on any atom is -0.351 e. The Labute approximate surface area is 175 Å². The molecule has 4 rings (SSSR count). The van der Waals surface area contributed by atoms with Gasteiger partial charge in [-0.2, -0.15) is 0 Å². The molecule has 0 aromatic carbocycles. The number of hydrogen-bond donors (Lipinski definition) is 0. The van der Waals surface area contributed by atoms with E-state index in [1.165, 1.54) is 0 Å². The van der Waals surface area contributed by atoms with Gasteiger partial charge >= 0.3 is 0 Å². The number of hydrogen-bond acceptors (Lipinski definition) is 7. The van der Waals surface area contributed by atoms with Crippen molar-refractivity contribution in [3.8, 4) is 11.1 Å². The normalized spacial score (nSPS) is 16.3. The SMILES string of the molecule is CC(C)c1cc(C(=O)N2CCC[C@@H]2c2nc(N(C)C)ncc2-c2ccncc2)on1. The predicted molar refractivity (Wildman–Crippen MR) is 113 cm³/mol. The van der Waals surface area contributed by atoms with Crippen molar-refractivity contribution in [2.45, 2.75) is 38.6 Å². The van der Waals surface area contributed by atoms with Crippen LogP contribution in [0.5, 0.6) is 0 Å². The van der Waals surface area contributed by atoms with Gasteiger partial charge < -0.3 is 14.3 Å². The lowest BCUT2D eigenvalue weighted by Gasteiger charge is -2.26. The average molecular weight is 406 g/mol. The Balaban J connectivity index is 1.74. The zero-order valence-corrected chi connectivity index (χ0v) is 17.7. The van der Waals surface area contributed by atoms with Crippen molar-refractivity contribution in [2.75, 3.05) is 25.5 Å². The number of amides is 1. The van der Waals surface area contributed by atoms with Crippen LogP contribution in [-0.2, 0) is 0 Å². The monoisotopic (exact) mass is 406 g/mol. The van der Waals surface area contributed by atoms with Gasteiger partial charge in [0.1, 0.15) is 0 Å². The number of likely N-dealkylation sites (tertiary alicyclic amines) is 1. The van der Waals surface area contributed by atoms with Gasteiger partial charge in [-0.05, 0) is 36.5 Å². The molecule has 0 unspecified atom stereocenters. The summed E-state index contributed by atoms with van der Waals surface area (Å²) >= 11 is 0. The second-order valence-corrected chi connectivity index (χ2v) is 8.03. The smallest absolute Gasteiger partial charge is 0.293 e. The molecular weight excluding hydrogens is 380 g/mol. The molecule has 8 nitrogen and oxygen atoms in total. The fourth-order valence-corrected chi connectivity index (χ4v) is 3.71. The standard InChI is InChI=1S/C22H26N6O2/c1-14(2)17-12-19(30-26-17)21(29)28-11-5-6-18(28)20-16(15-7-9-23-10-8-15)13-24-22(25-20)27(3)4/h7-10,12-14,18H,5-6,11H2,1-4H3/t18-/m1/s1. The molecule has 0 radical (unpaired) electrons. The molecule has 1 aliphatic heterocycles. The van der Waals surface area contributed by atoms with E-state index in [1.54, 1.807) is 18.5 Å². The summed E-state index contributed by atoms with van der Waals surface area (Å²) < 4.78 is 5.37. The van der Waals surface area contributed by atoms with Gasteiger partial charge in [0.05, 0.1) is 17.4 Å². The van der Waals surface area contributed by atoms with Crippen LogP contribution >= 0.6 is 0 Å². The molecule has 3 aromatic rings. The molecule has 0 N–H and O–H groups in total. The molecule has 0 aliphatic carbocycles. The van der Waals surface area contributed by atoms with E-state index in [9.17, 15) is 4.79 Å². The van der Waals surface area contributed by atoms with Crippen molar-refractivity contribution in [3.63, 3.8) is 0 Å². The second-order valence-electron chi connectivity index (χ2n) is 8.03. The Bertz CT molecular complexity index is 1030. The molecule has 0 saturated carbocycles. The number of rotatable bonds is 5. The molecule has 1 aliphatic rings. The van der Waals surface area contributed by atoms with Crippen molar-refractivity contribution in [2.24, 2.45) is 0 Å². The van der Waals surface area contributed by atoms with Gasteiger partial charge in [-0.25, -0.2) is 9.97 Å². The lowest BCUT2D eigenvalue weighted by atomic mass is 10.0. The molecule has 0 spiro atoms. The lowest BCUT2D eigenvalue weighted by molar-refractivity contribution is 0.0691. The summed E-state index contributed by atoms with van der Waals surface area (Å²) in [6.07, 6.45) is 7.06. The van der Waals surface area contributed by atoms with Crippen LogP contribution in [0.25, 0.3) is 11.1 Å². The quantitative estimate of drug-likeness (QED) is 0.638. The summed E-state index contributed by atoms with van der Waals surface area (Å²) in [4.78, 5) is 30.4. The van der Waals surface area contributed by atoms with E-state index in [1.807, 2.05) is 56.1 Å². The van der Waals surface area contributed by atoms with Crippen molar-refractivity contribution < 1.29 is 9.32 Å². The molecule has 4 heterocycles. The first-order chi connectivity index (χ1) is 14.5. The van der Waals surface area contributed by atoms with Gasteiger partial charge in [0.15, 0.2) is 0 Å². The summed E-state index contributed by atoms with van der Waals surface area (Å²) in [6, 6.07) is 5.46. The first-order valence-electron chi connectivity index (χ1n) is 10.2. The van der Waals surface area contributed by atoms with Crippen molar-refractivity contribution in [1.82, 2.24) is 25.0 Å². The van der Waals surface area contributed by atoms with Crippen LogP contribution in [0.1, 0.15) is 60.6 Å². The van der Waals surface area contributed by atoms with E-state index >= 15 is 0 Å². The van der Waals surface area contributed by atoms with Gasteiger partial charge in [-0.15, -0.1) is 0 Å². The average Bonchev–Trinajstić information content (AvgIpc) is 3.43. The third-order valence-corrected chi connectivity index (χ3v) is 5.36. The van der Waals surface area contributed by atoms with Crippen LogP contribution in [0.3, 0.4) is 0 Å². The molecule has 156 valence electrons. The predicted octanol–water partition coefficient (Wildman–Crippen LogP) is 3.69. The van der Waals surface area contributed by atoms with E-state index in [2.05, 4.69) is 15.1 Å². The molecule has 8 heteroatoms.